The number of rotatable bonds is 3. The third kappa shape index (κ3) is 3.68. The molecule has 0 aromatic heterocycles. The number of allylic oxidation sites excluding steroid dienone is 1. The summed E-state index contributed by atoms with van der Waals surface area (Å²) in [7, 11) is 0. The van der Waals surface area contributed by atoms with Crippen molar-refractivity contribution in [1.82, 2.24) is 0 Å². The van der Waals surface area contributed by atoms with Gasteiger partial charge in [0.2, 0.25) is 0 Å². The third-order valence-electron chi connectivity index (χ3n) is 2.74. The Balaban J connectivity index is 2.62. The van der Waals surface area contributed by atoms with Gasteiger partial charge in [-0.15, -0.1) is 6.58 Å². The van der Waals surface area contributed by atoms with E-state index >= 15 is 0 Å². The quantitative estimate of drug-likeness (QED) is 0.544. The van der Waals surface area contributed by atoms with Crippen LogP contribution < -0.4 is 0 Å². The standard InChI is InChI=1S/C12H18O4/c1-4-10-5-6-11(15-8(2)13)12(7-10)16-9(3)14/h4,10-12H,1,5-7H2,2-3H3/t10-,11+,12-/m0/s1. The summed E-state index contributed by atoms with van der Waals surface area (Å²) in [6.07, 6.45) is 3.53. The highest BCUT2D eigenvalue weighted by Crippen LogP contribution is 2.29. The van der Waals surface area contributed by atoms with E-state index in [1.54, 1.807) is 0 Å². The van der Waals surface area contributed by atoms with Crippen molar-refractivity contribution < 1.29 is 19.1 Å². The van der Waals surface area contributed by atoms with Gasteiger partial charge in [0.15, 0.2) is 0 Å². The second kappa shape index (κ2) is 5.68. The van der Waals surface area contributed by atoms with Crippen molar-refractivity contribution in [1.29, 1.82) is 0 Å². The Morgan fingerprint density at radius 3 is 2.19 bits per heavy atom. The minimum Gasteiger partial charge on any atom is -0.459 e. The van der Waals surface area contributed by atoms with E-state index in [-0.39, 0.29) is 24.1 Å². The van der Waals surface area contributed by atoms with E-state index in [4.69, 9.17) is 9.47 Å². The van der Waals surface area contributed by atoms with Crippen molar-refractivity contribution in [3.8, 4) is 0 Å². The van der Waals surface area contributed by atoms with Gasteiger partial charge in [0.1, 0.15) is 12.2 Å². The molecule has 1 saturated carbocycles. The summed E-state index contributed by atoms with van der Waals surface area (Å²) < 4.78 is 10.3. The van der Waals surface area contributed by atoms with Crippen LogP contribution >= 0.6 is 0 Å². The van der Waals surface area contributed by atoms with Gasteiger partial charge in [-0.1, -0.05) is 6.08 Å². The van der Waals surface area contributed by atoms with Crippen LogP contribution in [-0.4, -0.2) is 24.1 Å². The highest BCUT2D eigenvalue weighted by molar-refractivity contribution is 5.67. The molecule has 0 spiro atoms. The molecule has 0 unspecified atom stereocenters. The lowest BCUT2D eigenvalue weighted by atomic mass is 9.85. The van der Waals surface area contributed by atoms with Gasteiger partial charge in [0.25, 0.3) is 0 Å². The van der Waals surface area contributed by atoms with Gasteiger partial charge in [0, 0.05) is 13.8 Å². The normalized spacial score (nSPS) is 29.2. The summed E-state index contributed by atoms with van der Waals surface area (Å²) in [5.74, 6) is -0.345. The van der Waals surface area contributed by atoms with Gasteiger partial charge in [-0.05, 0) is 25.2 Å². The second-order valence-corrected chi connectivity index (χ2v) is 4.10. The van der Waals surface area contributed by atoms with Crippen LogP contribution in [0.25, 0.3) is 0 Å². The Kier molecular flexibility index (Phi) is 4.52. The van der Waals surface area contributed by atoms with Crippen LogP contribution in [0.5, 0.6) is 0 Å². The lowest BCUT2D eigenvalue weighted by Crippen LogP contribution is -2.39. The average Bonchev–Trinajstić information content (AvgIpc) is 2.19. The molecule has 0 heterocycles. The maximum Gasteiger partial charge on any atom is 0.303 e. The molecule has 1 fully saturated rings. The molecule has 0 aromatic rings. The van der Waals surface area contributed by atoms with E-state index < -0.39 is 0 Å². The fourth-order valence-electron chi connectivity index (χ4n) is 2.03. The summed E-state index contributed by atoms with van der Waals surface area (Å²) >= 11 is 0. The zero-order valence-corrected chi connectivity index (χ0v) is 9.77. The van der Waals surface area contributed by atoms with Gasteiger partial charge >= 0.3 is 11.9 Å². The number of ether oxygens (including phenoxy) is 2. The van der Waals surface area contributed by atoms with Crippen molar-refractivity contribution in [2.24, 2.45) is 5.92 Å². The van der Waals surface area contributed by atoms with Crippen LogP contribution in [0, 0.1) is 5.92 Å². The zero-order valence-electron chi connectivity index (χ0n) is 9.77. The first-order chi connectivity index (χ1) is 7.52. The Labute approximate surface area is 95.6 Å². The highest BCUT2D eigenvalue weighted by atomic mass is 16.6. The largest absolute Gasteiger partial charge is 0.459 e. The molecule has 4 nitrogen and oxygen atoms in total. The molecule has 0 amide bonds. The number of esters is 2. The molecule has 0 radical (unpaired) electrons. The average molecular weight is 226 g/mol. The van der Waals surface area contributed by atoms with Crippen LogP contribution in [0.15, 0.2) is 12.7 Å². The summed E-state index contributed by atoms with van der Waals surface area (Å²) in [6.45, 7) is 6.46. The van der Waals surface area contributed by atoms with E-state index in [2.05, 4.69) is 6.58 Å². The summed E-state index contributed by atoms with van der Waals surface area (Å²) in [4.78, 5) is 21.9. The van der Waals surface area contributed by atoms with Crippen LogP contribution in [0.3, 0.4) is 0 Å². The Hall–Kier alpha value is -1.32. The van der Waals surface area contributed by atoms with E-state index in [9.17, 15) is 9.59 Å². The fraction of sp³-hybridized carbons (Fsp3) is 0.667. The monoisotopic (exact) mass is 226 g/mol. The van der Waals surface area contributed by atoms with Gasteiger partial charge in [-0.2, -0.15) is 0 Å². The van der Waals surface area contributed by atoms with Crippen LogP contribution in [-0.2, 0) is 19.1 Å². The molecule has 4 heteroatoms. The molecule has 1 aliphatic rings. The fourth-order valence-corrected chi connectivity index (χ4v) is 2.03. The SMILES string of the molecule is C=C[C@H]1CC[C@@H](OC(C)=O)[C@@H](OC(C)=O)C1. The first-order valence-electron chi connectivity index (χ1n) is 5.50. The summed E-state index contributed by atoms with van der Waals surface area (Å²) in [6, 6.07) is 0. The van der Waals surface area contributed by atoms with Crippen molar-refractivity contribution in [2.75, 3.05) is 0 Å². The van der Waals surface area contributed by atoms with Crippen LogP contribution in [0.2, 0.25) is 0 Å². The molecule has 1 aliphatic carbocycles. The molecule has 3 atom stereocenters. The first-order valence-corrected chi connectivity index (χ1v) is 5.50. The lowest BCUT2D eigenvalue weighted by Gasteiger charge is -2.33. The molecule has 90 valence electrons. The maximum absolute atomic E-state index is 10.9. The Morgan fingerprint density at radius 2 is 1.69 bits per heavy atom. The van der Waals surface area contributed by atoms with Crippen LogP contribution in [0.4, 0.5) is 0 Å². The Bertz CT molecular complexity index is 285. The van der Waals surface area contributed by atoms with Crippen molar-refractivity contribution >= 4 is 11.9 Å². The van der Waals surface area contributed by atoms with E-state index in [1.807, 2.05) is 6.08 Å². The zero-order chi connectivity index (χ0) is 12.1. The van der Waals surface area contributed by atoms with Gasteiger partial charge < -0.3 is 9.47 Å². The predicted molar refractivity (Wildman–Crippen MR) is 58.6 cm³/mol. The first kappa shape index (κ1) is 12.7. The van der Waals surface area contributed by atoms with E-state index in [0.29, 0.717) is 18.8 Å². The van der Waals surface area contributed by atoms with E-state index in [0.717, 1.165) is 6.42 Å². The molecular weight excluding hydrogens is 208 g/mol. The summed E-state index contributed by atoms with van der Waals surface area (Å²) in [5, 5.41) is 0. The molecule has 0 N–H and O–H groups in total. The van der Waals surface area contributed by atoms with E-state index in [1.165, 1.54) is 13.8 Å². The van der Waals surface area contributed by atoms with Crippen molar-refractivity contribution in [3.05, 3.63) is 12.7 Å². The Morgan fingerprint density at radius 1 is 1.12 bits per heavy atom. The summed E-state index contributed by atoms with van der Waals surface area (Å²) in [5.41, 5.74) is 0. The molecule has 0 bridgehead atoms. The van der Waals surface area contributed by atoms with Gasteiger partial charge in [-0.25, -0.2) is 0 Å². The third-order valence-corrected chi connectivity index (χ3v) is 2.74. The number of hydrogen-bond acceptors (Lipinski definition) is 4. The molecule has 0 aliphatic heterocycles. The molecule has 0 aromatic carbocycles. The van der Waals surface area contributed by atoms with Gasteiger partial charge in [0.05, 0.1) is 0 Å². The maximum atomic E-state index is 10.9. The number of carbonyl (C=O) groups is 2. The van der Waals surface area contributed by atoms with Crippen molar-refractivity contribution in [3.63, 3.8) is 0 Å². The highest BCUT2D eigenvalue weighted by Gasteiger charge is 2.33. The lowest BCUT2D eigenvalue weighted by molar-refractivity contribution is -0.170. The second-order valence-electron chi connectivity index (χ2n) is 4.10. The van der Waals surface area contributed by atoms with Gasteiger partial charge in [-0.3, -0.25) is 9.59 Å². The van der Waals surface area contributed by atoms with Crippen LogP contribution in [0.1, 0.15) is 33.1 Å². The molecule has 1 rings (SSSR count). The molecular formula is C12H18O4. The topological polar surface area (TPSA) is 52.6 Å². The predicted octanol–water partition coefficient (Wildman–Crippen LogP) is 1.84. The molecule has 0 saturated heterocycles. The minimum absolute atomic E-state index is 0.308. The minimum atomic E-state index is -0.341. The number of hydrogen-bond donors (Lipinski definition) is 0. The smallest absolute Gasteiger partial charge is 0.303 e. The van der Waals surface area contributed by atoms with Crippen molar-refractivity contribution in [2.45, 2.75) is 45.3 Å². The number of carbonyl (C=O) groups excluding carboxylic acids is 2. The molecule has 16 heavy (non-hydrogen) atoms.